The molecule has 1 amide bonds. The average molecular weight is 348 g/mol. The molecule has 3 rings (SSSR count). The van der Waals surface area contributed by atoms with Crippen molar-refractivity contribution in [1.29, 1.82) is 0 Å². The molecule has 2 aromatic carbocycles. The van der Waals surface area contributed by atoms with Crippen LogP contribution in [0.15, 0.2) is 66.7 Å². The summed E-state index contributed by atoms with van der Waals surface area (Å²) in [5.41, 5.74) is 3.30. The second kappa shape index (κ2) is 8.22. The number of rotatable bonds is 6. The Labute approximate surface area is 151 Å². The summed E-state index contributed by atoms with van der Waals surface area (Å²) < 4.78 is 0. The number of anilines is 1. The fraction of sp³-hybridized carbons (Fsp3) is 0.150. The van der Waals surface area contributed by atoms with E-state index in [0.29, 0.717) is 12.4 Å². The maximum atomic E-state index is 11.4. The predicted octanol–water partition coefficient (Wildman–Crippen LogP) is 2.65. The lowest BCUT2D eigenvalue weighted by molar-refractivity contribution is 0.0957. The molecule has 3 N–H and O–H groups in total. The van der Waals surface area contributed by atoms with Crippen LogP contribution in [0.25, 0.3) is 11.1 Å². The van der Waals surface area contributed by atoms with Crippen molar-refractivity contribution in [2.75, 3.05) is 18.9 Å². The van der Waals surface area contributed by atoms with Crippen LogP contribution in [0.2, 0.25) is 0 Å². The molecule has 1 atom stereocenters. The third kappa shape index (κ3) is 4.23. The Bertz CT molecular complexity index is 849. The summed E-state index contributed by atoms with van der Waals surface area (Å²) in [6, 6.07) is 21.1. The van der Waals surface area contributed by atoms with Gasteiger partial charge in [0.25, 0.3) is 5.91 Å². The van der Waals surface area contributed by atoms with Gasteiger partial charge in [-0.2, -0.15) is 0 Å². The van der Waals surface area contributed by atoms with Crippen molar-refractivity contribution < 1.29 is 9.90 Å². The van der Waals surface area contributed by atoms with E-state index in [1.54, 1.807) is 12.1 Å². The second-order valence-corrected chi connectivity index (χ2v) is 5.77. The van der Waals surface area contributed by atoms with E-state index >= 15 is 0 Å². The number of carbonyl (C=O) groups is 1. The van der Waals surface area contributed by atoms with E-state index in [-0.39, 0.29) is 11.6 Å². The molecule has 0 aliphatic carbocycles. The van der Waals surface area contributed by atoms with Crippen molar-refractivity contribution in [2.45, 2.75) is 6.10 Å². The van der Waals surface area contributed by atoms with Gasteiger partial charge in [-0.1, -0.05) is 54.6 Å². The lowest BCUT2D eigenvalue weighted by Crippen LogP contribution is -2.20. The Hall–Kier alpha value is -3.25. The second-order valence-electron chi connectivity index (χ2n) is 5.77. The minimum atomic E-state index is -0.680. The fourth-order valence-electron chi connectivity index (χ4n) is 2.52. The zero-order chi connectivity index (χ0) is 18.4. The molecule has 132 valence electrons. The van der Waals surface area contributed by atoms with E-state index in [1.807, 2.05) is 54.6 Å². The van der Waals surface area contributed by atoms with E-state index < -0.39 is 6.10 Å². The lowest BCUT2D eigenvalue weighted by atomic mass is 10.0. The lowest BCUT2D eigenvalue weighted by Gasteiger charge is -2.13. The van der Waals surface area contributed by atoms with Gasteiger partial charge in [-0.15, -0.1) is 10.2 Å². The van der Waals surface area contributed by atoms with Gasteiger partial charge in [0.15, 0.2) is 5.69 Å². The maximum absolute atomic E-state index is 11.4. The van der Waals surface area contributed by atoms with E-state index in [4.69, 9.17) is 0 Å². The Morgan fingerprint density at radius 1 is 0.962 bits per heavy atom. The van der Waals surface area contributed by atoms with Gasteiger partial charge in [-0.3, -0.25) is 4.79 Å². The largest absolute Gasteiger partial charge is 0.387 e. The average Bonchev–Trinajstić information content (AvgIpc) is 2.72. The molecular formula is C20H20N4O2. The number of benzene rings is 2. The van der Waals surface area contributed by atoms with Gasteiger partial charge in [0.05, 0.1) is 6.10 Å². The van der Waals surface area contributed by atoms with Crippen LogP contribution < -0.4 is 10.6 Å². The molecule has 0 radical (unpaired) electrons. The van der Waals surface area contributed by atoms with Gasteiger partial charge >= 0.3 is 0 Å². The molecule has 1 unspecified atom stereocenters. The third-order valence-corrected chi connectivity index (χ3v) is 4.00. The summed E-state index contributed by atoms with van der Waals surface area (Å²) in [5.74, 6) is 0.209. The predicted molar refractivity (Wildman–Crippen MR) is 101 cm³/mol. The van der Waals surface area contributed by atoms with Gasteiger partial charge in [-0.25, -0.2) is 0 Å². The number of nitrogens with zero attached hydrogens (tertiary/aromatic N) is 2. The van der Waals surface area contributed by atoms with Gasteiger partial charge in [0, 0.05) is 13.6 Å². The SMILES string of the molecule is CNC(=O)c1ccc(NCC(O)c2ccc(-c3ccccc3)cc2)nn1. The third-order valence-electron chi connectivity index (χ3n) is 4.00. The van der Waals surface area contributed by atoms with E-state index in [2.05, 4.69) is 20.8 Å². The molecular weight excluding hydrogens is 328 g/mol. The minimum absolute atomic E-state index is 0.245. The van der Waals surface area contributed by atoms with Gasteiger partial charge in [-0.05, 0) is 28.8 Å². The van der Waals surface area contributed by atoms with Crippen LogP contribution >= 0.6 is 0 Å². The van der Waals surface area contributed by atoms with Crippen LogP contribution in [0.3, 0.4) is 0 Å². The van der Waals surface area contributed by atoms with Crippen molar-refractivity contribution in [3.63, 3.8) is 0 Å². The van der Waals surface area contributed by atoms with Crippen molar-refractivity contribution in [2.24, 2.45) is 0 Å². The van der Waals surface area contributed by atoms with Crippen molar-refractivity contribution in [3.05, 3.63) is 78.0 Å². The van der Waals surface area contributed by atoms with Crippen LogP contribution in [0.1, 0.15) is 22.2 Å². The quantitative estimate of drug-likeness (QED) is 0.637. The summed E-state index contributed by atoms with van der Waals surface area (Å²) in [5, 5.41) is 23.6. The molecule has 3 aromatic rings. The number of amides is 1. The number of aliphatic hydroxyl groups excluding tert-OH is 1. The van der Waals surface area contributed by atoms with Crippen molar-refractivity contribution in [1.82, 2.24) is 15.5 Å². The van der Waals surface area contributed by atoms with E-state index in [1.165, 1.54) is 7.05 Å². The van der Waals surface area contributed by atoms with Gasteiger partial charge in [0.2, 0.25) is 0 Å². The smallest absolute Gasteiger partial charge is 0.271 e. The molecule has 1 aromatic heterocycles. The highest BCUT2D eigenvalue weighted by Crippen LogP contribution is 2.22. The Kier molecular flexibility index (Phi) is 5.56. The first-order valence-electron chi connectivity index (χ1n) is 8.30. The summed E-state index contributed by atoms with van der Waals surface area (Å²) in [6.07, 6.45) is -0.680. The topological polar surface area (TPSA) is 87.1 Å². The van der Waals surface area contributed by atoms with Crippen molar-refractivity contribution in [3.8, 4) is 11.1 Å². The number of aromatic nitrogens is 2. The van der Waals surface area contributed by atoms with Gasteiger partial charge in [0.1, 0.15) is 5.82 Å². The number of nitrogens with one attached hydrogen (secondary N) is 2. The zero-order valence-corrected chi connectivity index (χ0v) is 14.4. The highest BCUT2D eigenvalue weighted by Gasteiger charge is 2.09. The monoisotopic (exact) mass is 348 g/mol. The van der Waals surface area contributed by atoms with Crippen LogP contribution in [0, 0.1) is 0 Å². The van der Waals surface area contributed by atoms with E-state index in [0.717, 1.165) is 16.7 Å². The Morgan fingerprint density at radius 2 is 1.65 bits per heavy atom. The number of hydrogen-bond acceptors (Lipinski definition) is 5. The maximum Gasteiger partial charge on any atom is 0.271 e. The molecule has 0 fully saturated rings. The van der Waals surface area contributed by atoms with Crippen LogP contribution in [0.5, 0.6) is 0 Å². The molecule has 0 saturated heterocycles. The molecule has 0 aliphatic rings. The summed E-state index contributed by atoms with van der Waals surface area (Å²) >= 11 is 0. The molecule has 0 spiro atoms. The highest BCUT2D eigenvalue weighted by atomic mass is 16.3. The number of carbonyl (C=O) groups excluding carboxylic acids is 1. The Morgan fingerprint density at radius 3 is 2.27 bits per heavy atom. The molecule has 26 heavy (non-hydrogen) atoms. The van der Waals surface area contributed by atoms with Crippen LogP contribution in [0.4, 0.5) is 5.82 Å². The Balaban J connectivity index is 1.59. The molecule has 0 saturated carbocycles. The summed E-state index contributed by atoms with van der Waals surface area (Å²) in [7, 11) is 1.54. The zero-order valence-electron chi connectivity index (χ0n) is 14.4. The summed E-state index contributed by atoms with van der Waals surface area (Å²) in [4.78, 5) is 11.4. The molecule has 6 heteroatoms. The molecule has 1 heterocycles. The standard InChI is InChI=1S/C20H20N4O2/c1-21-20(26)17-11-12-19(24-23-17)22-13-18(25)16-9-7-15(8-10-16)14-5-3-2-4-6-14/h2-12,18,25H,13H2,1H3,(H,21,26)(H,22,24). The van der Waals surface area contributed by atoms with Crippen LogP contribution in [-0.4, -0.2) is 34.8 Å². The normalized spacial score (nSPS) is 11.6. The highest BCUT2D eigenvalue weighted by molar-refractivity contribution is 5.91. The van der Waals surface area contributed by atoms with Crippen molar-refractivity contribution >= 4 is 11.7 Å². The molecule has 0 bridgehead atoms. The van der Waals surface area contributed by atoms with Crippen LogP contribution in [-0.2, 0) is 0 Å². The molecule has 0 aliphatic heterocycles. The molecule has 6 nitrogen and oxygen atoms in total. The minimum Gasteiger partial charge on any atom is -0.387 e. The first-order valence-corrected chi connectivity index (χ1v) is 8.30. The first kappa shape index (κ1) is 17.6. The summed E-state index contributed by atoms with van der Waals surface area (Å²) in [6.45, 7) is 0.290. The first-order chi connectivity index (χ1) is 12.7. The fourth-order valence-corrected chi connectivity index (χ4v) is 2.52. The van der Waals surface area contributed by atoms with Gasteiger partial charge < -0.3 is 15.7 Å². The van der Waals surface area contributed by atoms with E-state index in [9.17, 15) is 9.90 Å². The number of hydrogen-bond donors (Lipinski definition) is 3. The number of aliphatic hydroxyl groups is 1.